The Morgan fingerprint density at radius 3 is 2.81 bits per heavy atom. The fourth-order valence-corrected chi connectivity index (χ4v) is 3.72. The molecule has 27 heavy (non-hydrogen) atoms. The summed E-state index contributed by atoms with van der Waals surface area (Å²) >= 11 is 1.33. The molecule has 3 heterocycles. The van der Waals surface area contributed by atoms with Crippen molar-refractivity contribution in [2.24, 2.45) is 0 Å². The largest absolute Gasteiger partial charge is 0.454 e. The van der Waals surface area contributed by atoms with Crippen LogP contribution < -0.4 is 5.32 Å². The molecule has 0 radical (unpaired) electrons. The van der Waals surface area contributed by atoms with E-state index in [-0.39, 0.29) is 17.5 Å². The van der Waals surface area contributed by atoms with Crippen LogP contribution in [0, 0.1) is 0 Å². The van der Waals surface area contributed by atoms with Crippen molar-refractivity contribution in [3.8, 4) is 10.8 Å². The standard InChI is InChI=1S/C19H19N3O4S/c1-12(19(24)22-6-8-25-9-7-22)20-17(23)14-11-27-18(21-14)16-10-13-4-2-3-5-15(13)26-16/h2-5,10-12H,6-9H2,1H3,(H,20,23)/t12-/m1/s1. The van der Waals surface area contributed by atoms with Crippen LogP contribution in [0.15, 0.2) is 40.1 Å². The number of nitrogens with one attached hydrogen (secondary N) is 1. The van der Waals surface area contributed by atoms with Crippen LogP contribution >= 0.6 is 11.3 Å². The van der Waals surface area contributed by atoms with Crippen LogP contribution in [-0.4, -0.2) is 54.0 Å². The number of para-hydroxylation sites is 1. The van der Waals surface area contributed by atoms with Gasteiger partial charge in [-0.05, 0) is 19.1 Å². The molecule has 8 heteroatoms. The molecule has 0 saturated carbocycles. The van der Waals surface area contributed by atoms with Crippen molar-refractivity contribution >= 4 is 34.1 Å². The summed E-state index contributed by atoms with van der Waals surface area (Å²) in [4.78, 5) is 31.0. The number of furan rings is 1. The predicted molar refractivity (Wildman–Crippen MR) is 102 cm³/mol. The first-order valence-corrected chi connectivity index (χ1v) is 9.61. The molecule has 2 amide bonds. The molecule has 4 rings (SSSR count). The van der Waals surface area contributed by atoms with E-state index < -0.39 is 6.04 Å². The second-order valence-corrected chi connectivity index (χ2v) is 7.18. The van der Waals surface area contributed by atoms with E-state index in [9.17, 15) is 9.59 Å². The Hall–Kier alpha value is -2.71. The maximum Gasteiger partial charge on any atom is 0.271 e. The van der Waals surface area contributed by atoms with Gasteiger partial charge in [-0.2, -0.15) is 0 Å². The van der Waals surface area contributed by atoms with E-state index in [4.69, 9.17) is 9.15 Å². The number of hydrogen-bond donors (Lipinski definition) is 1. The van der Waals surface area contributed by atoms with Gasteiger partial charge in [0.25, 0.3) is 5.91 Å². The van der Waals surface area contributed by atoms with Crippen LogP contribution in [0.3, 0.4) is 0 Å². The number of rotatable bonds is 4. The average molecular weight is 385 g/mol. The number of morpholine rings is 1. The number of thiazole rings is 1. The zero-order chi connectivity index (χ0) is 18.8. The lowest BCUT2D eigenvalue weighted by Crippen LogP contribution is -2.50. The summed E-state index contributed by atoms with van der Waals surface area (Å²) in [6.45, 7) is 3.83. The molecule has 0 bridgehead atoms. The molecular weight excluding hydrogens is 366 g/mol. The van der Waals surface area contributed by atoms with E-state index in [0.29, 0.717) is 37.1 Å². The number of hydrogen-bond acceptors (Lipinski definition) is 6. The third-order valence-corrected chi connectivity index (χ3v) is 5.27. The SMILES string of the molecule is C[C@@H](NC(=O)c1csc(-c2cc3ccccc3o2)n1)C(=O)N1CCOCC1. The van der Waals surface area contributed by atoms with Gasteiger partial charge in [0.2, 0.25) is 5.91 Å². The number of carbonyl (C=O) groups is 2. The maximum atomic E-state index is 12.5. The van der Waals surface area contributed by atoms with Crippen molar-refractivity contribution in [1.29, 1.82) is 0 Å². The third-order valence-electron chi connectivity index (χ3n) is 4.41. The number of ether oxygens (including phenoxy) is 1. The van der Waals surface area contributed by atoms with Gasteiger partial charge in [0, 0.05) is 23.9 Å². The second-order valence-electron chi connectivity index (χ2n) is 6.32. The maximum absolute atomic E-state index is 12.5. The molecule has 0 spiro atoms. The van der Waals surface area contributed by atoms with Gasteiger partial charge < -0.3 is 19.4 Å². The number of nitrogens with zero attached hydrogens (tertiary/aromatic N) is 2. The van der Waals surface area contributed by atoms with E-state index >= 15 is 0 Å². The zero-order valence-electron chi connectivity index (χ0n) is 14.8. The summed E-state index contributed by atoms with van der Waals surface area (Å²) in [5.74, 6) is 0.139. The first kappa shape index (κ1) is 17.7. The van der Waals surface area contributed by atoms with Crippen LogP contribution in [0.25, 0.3) is 21.7 Å². The van der Waals surface area contributed by atoms with Crippen LogP contribution in [0.5, 0.6) is 0 Å². The molecule has 1 atom stereocenters. The highest BCUT2D eigenvalue weighted by Gasteiger charge is 2.25. The highest BCUT2D eigenvalue weighted by molar-refractivity contribution is 7.13. The molecule has 1 N–H and O–H groups in total. The predicted octanol–water partition coefficient (Wildman–Crippen LogP) is 2.53. The van der Waals surface area contributed by atoms with Gasteiger partial charge in [0.1, 0.15) is 17.3 Å². The van der Waals surface area contributed by atoms with E-state index in [2.05, 4.69) is 10.3 Å². The van der Waals surface area contributed by atoms with Crippen molar-refractivity contribution in [2.75, 3.05) is 26.3 Å². The Morgan fingerprint density at radius 2 is 2.04 bits per heavy atom. The van der Waals surface area contributed by atoms with Crippen molar-refractivity contribution in [3.05, 3.63) is 41.4 Å². The average Bonchev–Trinajstić information content (AvgIpc) is 3.34. The van der Waals surface area contributed by atoms with Crippen molar-refractivity contribution in [1.82, 2.24) is 15.2 Å². The molecule has 2 aromatic heterocycles. The molecule has 1 aliphatic rings. The third kappa shape index (κ3) is 3.72. The van der Waals surface area contributed by atoms with Gasteiger partial charge in [0.05, 0.1) is 13.2 Å². The number of carbonyl (C=O) groups excluding carboxylic acids is 2. The highest BCUT2D eigenvalue weighted by Crippen LogP contribution is 2.29. The van der Waals surface area contributed by atoms with E-state index in [0.717, 1.165) is 11.0 Å². The second kappa shape index (κ2) is 7.50. The number of fused-ring (bicyclic) bond motifs is 1. The van der Waals surface area contributed by atoms with Crippen LogP contribution in [-0.2, 0) is 9.53 Å². The Kier molecular flexibility index (Phi) is 4.91. The minimum Gasteiger partial charge on any atom is -0.454 e. The van der Waals surface area contributed by atoms with Gasteiger partial charge in [-0.1, -0.05) is 18.2 Å². The molecule has 0 unspecified atom stereocenters. The molecule has 7 nitrogen and oxygen atoms in total. The summed E-state index contributed by atoms with van der Waals surface area (Å²) in [5, 5.41) is 6.01. The van der Waals surface area contributed by atoms with E-state index in [1.165, 1.54) is 11.3 Å². The number of aromatic nitrogens is 1. The smallest absolute Gasteiger partial charge is 0.271 e. The summed E-state index contributed by atoms with van der Waals surface area (Å²) in [5.41, 5.74) is 1.05. The Morgan fingerprint density at radius 1 is 1.26 bits per heavy atom. The lowest BCUT2D eigenvalue weighted by atomic mass is 10.2. The van der Waals surface area contributed by atoms with Gasteiger partial charge in [0.15, 0.2) is 10.8 Å². The monoisotopic (exact) mass is 385 g/mol. The number of benzene rings is 1. The molecule has 1 saturated heterocycles. The lowest BCUT2D eigenvalue weighted by molar-refractivity contribution is -0.136. The fourth-order valence-electron chi connectivity index (χ4n) is 2.97. The minimum absolute atomic E-state index is 0.112. The van der Waals surface area contributed by atoms with Crippen molar-refractivity contribution < 1.29 is 18.7 Å². The van der Waals surface area contributed by atoms with E-state index in [1.807, 2.05) is 30.3 Å². The Labute approximate surface area is 159 Å². The topological polar surface area (TPSA) is 84.7 Å². The molecule has 0 aliphatic carbocycles. The highest BCUT2D eigenvalue weighted by atomic mass is 32.1. The Balaban J connectivity index is 1.44. The number of amides is 2. The molecule has 1 fully saturated rings. The fraction of sp³-hybridized carbons (Fsp3) is 0.316. The molecule has 140 valence electrons. The van der Waals surface area contributed by atoms with E-state index in [1.54, 1.807) is 17.2 Å². The molecule has 1 aliphatic heterocycles. The summed E-state index contributed by atoms with van der Waals surface area (Å²) < 4.78 is 11.0. The molecule has 3 aromatic rings. The van der Waals surface area contributed by atoms with Gasteiger partial charge >= 0.3 is 0 Å². The molecule has 1 aromatic carbocycles. The molecular formula is C19H19N3O4S. The lowest BCUT2D eigenvalue weighted by Gasteiger charge is -2.29. The van der Waals surface area contributed by atoms with Crippen LogP contribution in [0.1, 0.15) is 17.4 Å². The van der Waals surface area contributed by atoms with Gasteiger partial charge in [-0.15, -0.1) is 11.3 Å². The first-order valence-electron chi connectivity index (χ1n) is 8.74. The summed E-state index contributed by atoms with van der Waals surface area (Å²) in [6.07, 6.45) is 0. The zero-order valence-corrected chi connectivity index (χ0v) is 15.6. The summed E-state index contributed by atoms with van der Waals surface area (Å²) in [6, 6.07) is 8.98. The summed E-state index contributed by atoms with van der Waals surface area (Å²) in [7, 11) is 0. The van der Waals surface area contributed by atoms with Crippen molar-refractivity contribution in [3.63, 3.8) is 0 Å². The first-order chi connectivity index (χ1) is 13.1. The minimum atomic E-state index is -0.619. The normalized spacial score (nSPS) is 15.7. The van der Waals surface area contributed by atoms with Crippen LogP contribution in [0.4, 0.5) is 0 Å². The Bertz CT molecular complexity index is 941. The van der Waals surface area contributed by atoms with Gasteiger partial charge in [-0.25, -0.2) is 4.98 Å². The van der Waals surface area contributed by atoms with Crippen LogP contribution in [0.2, 0.25) is 0 Å². The quantitative estimate of drug-likeness (QED) is 0.746. The van der Waals surface area contributed by atoms with Crippen molar-refractivity contribution in [2.45, 2.75) is 13.0 Å². The van der Waals surface area contributed by atoms with Gasteiger partial charge in [-0.3, -0.25) is 9.59 Å².